The van der Waals surface area contributed by atoms with Crippen LogP contribution in [-0.4, -0.2) is 28.1 Å². The number of aliphatic hydroxyl groups is 1. The van der Waals surface area contributed by atoms with E-state index in [-0.39, 0.29) is 29.3 Å². The normalized spacial score (nSPS) is 49.1. The molecule has 4 fully saturated rings. The van der Waals surface area contributed by atoms with Gasteiger partial charge in [-0.15, -0.1) is 0 Å². The van der Waals surface area contributed by atoms with Gasteiger partial charge in [0.05, 0.1) is 6.10 Å². The molecule has 4 nitrogen and oxygen atoms in total. The first kappa shape index (κ1) is 20.4. The summed E-state index contributed by atoms with van der Waals surface area (Å²) in [6.45, 7) is 7.05. The van der Waals surface area contributed by atoms with Crippen LogP contribution in [0.2, 0.25) is 0 Å². The van der Waals surface area contributed by atoms with Crippen molar-refractivity contribution in [3.05, 3.63) is 0 Å². The number of hydrogen-bond acceptors (Lipinski definition) is 3. The van der Waals surface area contributed by atoms with E-state index in [1.807, 2.05) is 0 Å². The van der Waals surface area contributed by atoms with Crippen LogP contribution in [0.5, 0.6) is 0 Å². The average molecular weight is 391 g/mol. The lowest BCUT2D eigenvalue weighted by molar-refractivity contribution is -0.160. The number of carboxylic acids is 1. The van der Waals surface area contributed by atoms with E-state index < -0.39 is 5.97 Å². The molecule has 0 amide bonds. The average Bonchev–Trinajstić information content (AvgIpc) is 2.99. The Morgan fingerprint density at radius 1 is 1.11 bits per heavy atom. The van der Waals surface area contributed by atoms with Crippen LogP contribution >= 0.6 is 0 Å². The Balaban J connectivity index is 1.55. The van der Waals surface area contributed by atoms with Gasteiger partial charge < -0.3 is 10.2 Å². The maximum absolute atomic E-state index is 13.1. The molecular weight excluding hydrogens is 352 g/mol. The Kier molecular flexibility index (Phi) is 5.17. The molecule has 4 aliphatic rings. The zero-order valence-electron chi connectivity index (χ0n) is 17.8. The molecule has 4 aliphatic carbocycles. The molecule has 158 valence electrons. The number of hydrogen-bond donors (Lipinski definition) is 2. The lowest BCUT2D eigenvalue weighted by Gasteiger charge is -2.60. The topological polar surface area (TPSA) is 74.6 Å². The van der Waals surface area contributed by atoms with Crippen molar-refractivity contribution < 1.29 is 19.8 Å². The van der Waals surface area contributed by atoms with Crippen LogP contribution in [0.15, 0.2) is 0 Å². The third-order valence-corrected chi connectivity index (χ3v) is 10.0. The van der Waals surface area contributed by atoms with Crippen molar-refractivity contribution in [1.29, 1.82) is 0 Å². The van der Waals surface area contributed by atoms with Crippen LogP contribution in [-0.2, 0) is 9.59 Å². The number of aliphatic carboxylic acids is 1. The predicted molar refractivity (Wildman–Crippen MR) is 108 cm³/mol. The van der Waals surface area contributed by atoms with Crippen LogP contribution in [0.3, 0.4) is 0 Å². The predicted octanol–water partition coefficient (Wildman–Crippen LogP) is 4.69. The highest BCUT2D eigenvalue weighted by atomic mass is 16.4. The fraction of sp³-hybridized carbons (Fsp3) is 0.917. The van der Waals surface area contributed by atoms with E-state index in [9.17, 15) is 14.7 Å². The second-order valence-electron chi connectivity index (χ2n) is 11.2. The Bertz CT molecular complexity index is 645. The molecule has 0 aromatic rings. The second-order valence-corrected chi connectivity index (χ2v) is 11.2. The van der Waals surface area contributed by atoms with Gasteiger partial charge in [-0.1, -0.05) is 20.8 Å². The second kappa shape index (κ2) is 7.11. The van der Waals surface area contributed by atoms with Crippen molar-refractivity contribution in [1.82, 2.24) is 0 Å². The molecule has 4 rings (SSSR count). The van der Waals surface area contributed by atoms with Gasteiger partial charge in [0.1, 0.15) is 5.78 Å². The summed E-state index contributed by atoms with van der Waals surface area (Å²) < 4.78 is 0. The van der Waals surface area contributed by atoms with Crippen molar-refractivity contribution in [2.45, 2.75) is 91.1 Å². The van der Waals surface area contributed by atoms with Gasteiger partial charge in [-0.05, 0) is 91.8 Å². The quantitative estimate of drug-likeness (QED) is 0.730. The molecule has 0 aromatic carbocycles. The molecule has 28 heavy (non-hydrogen) atoms. The first-order chi connectivity index (χ1) is 13.2. The number of rotatable bonds is 4. The Morgan fingerprint density at radius 3 is 2.50 bits per heavy atom. The summed E-state index contributed by atoms with van der Waals surface area (Å²) in [6.07, 6.45) is 8.80. The van der Waals surface area contributed by atoms with Gasteiger partial charge >= 0.3 is 5.97 Å². The molecule has 0 heterocycles. The first-order valence-corrected chi connectivity index (χ1v) is 11.6. The van der Waals surface area contributed by atoms with Gasteiger partial charge in [-0.2, -0.15) is 0 Å². The van der Waals surface area contributed by atoms with E-state index in [4.69, 9.17) is 5.11 Å². The third-order valence-electron chi connectivity index (χ3n) is 10.0. The maximum Gasteiger partial charge on any atom is 0.303 e. The molecule has 0 saturated heterocycles. The zero-order chi connectivity index (χ0) is 20.3. The van der Waals surface area contributed by atoms with E-state index >= 15 is 0 Å². The van der Waals surface area contributed by atoms with Crippen molar-refractivity contribution in [2.24, 2.45) is 46.3 Å². The summed E-state index contributed by atoms with van der Waals surface area (Å²) in [4.78, 5) is 24.2. The molecule has 0 radical (unpaired) electrons. The third kappa shape index (κ3) is 3.05. The minimum absolute atomic E-state index is 0.0635. The largest absolute Gasteiger partial charge is 0.481 e. The van der Waals surface area contributed by atoms with E-state index in [0.717, 1.165) is 19.3 Å². The summed E-state index contributed by atoms with van der Waals surface area (Å²) in [5.41, 5.74) is 0.338. The molecule has 0 aliphatic heterocycles. The van der Waals surface area contributed by atoms with Crippen molar-refractivity contribution >= 4 is 11.8 Å². The van der Waals surface area contributed by atoms with Crippen LogP contribution in [0, 0.1) is 46.3 Å². The first-order valence-electron chi connectivity index (χ1n) is 11.6. The Labute approximate surface area is 169 Å². The highest BCUT2D eigenvalue weighted by Gasteiger charge is 2.62. The minimum atomic E-state index is -0.688. The fourth-order valence-corrected chi connectivity index (χ4v) is 8.55. The SMILES string of the molecule is C[C@H](CCC(=O)O)[C@H]1CC[C@@H]2[C@@H]3CC(=O)[C@H]4C[C@H](O)CC[C@]4(C)[C@H]3CC[C@@]21C. The van der Waals surface area contributed by atoms with Crippen LogP contribution in [0.25, 0.3) is 0 Å². The molecule has 4 heteroatoms. The molecule has 9 atom stereocenters. The molecule has 4 saturated carbocycles. The van der Waals surface area contributed by atoms with Gasteiger partial charge in [0, 0.05) is 18.8 Å². The number of carbonyl (C=O) groups excluding carboxylic acids is 1. The number of ketones is 1. The number of carbonyl (C=O) groups is 2. The molecule has 0 bridgehead atoms. The van der Waals surface area contributed by atoms with E-state index in [0.29, 0.717) is 48.2 Å². The monoisotopic (exact) mass is 390 g/mol. The lowest BCUT2D eigenvalue weighted by atomic mass is 9.44. The fourth-order valence-electron chi connectivity index (χ4n) is 8.55. The molecule has 2 N–H and O–H groups in total. The zero-order valence-corrected chi connectivity index (χ0v) is 17.8. The highest BCUT2D eigenvalue weighted by Crippen LogP contribution is 2.67. The minimum Gasteiger partial charge on any atom is -0.481 e. The standard InChI is InChI=1S/C24H38O4/c1-14(4-7-22(27)28)17-5-6-18-16-13-21(26)20-12-15(25)8-10-24(20,3)19(16)9-11-23(17,18)2/h14-20,25H,4-13H2,1-3H3,(H,27,28)/t14-,15-,16+,17-,18-,19+,20-,23-,24-/m1/s1. The Morgan fingerprint density at radius 2 is 1.79 bits per heavy atom. The van der Waals surface area contributed by atoms with Gasteiger partial charge in [-0.3, -0.25) is 9.59 Å². The summed E-state index contributed by atoms with van der Waals surface area (Å²) in [5, 5.41) is 19.2. The molecule has 0 spiro atoms. The van der Waals surface area contributed by atoms with E-state index in [1.54, 1.807) is 0 Å². The van der Waals surface area contributed by atoms with E-state index in [1.165, 1.54) is 25.7 Å². The number of carboxylic acid groups (broad SMARTS) is 1. The van der Waals surface area contributed by atoms with Crippen molar-refractivity contribution in [3.63, 3.8) is 0 Å². The summed E-state index contributed by atoms with van der Waals surface area (Å²) in [7, 11) is 0. The molecule has 0 aromatic heterocycles. The van der Waals surface area contributed by atoms with Crippen molar-refractivity contribution in [2.75, 3.05) is 0 Å². The maximum atomic E-state index is 13.1. The van der Waals surface area contributed by atoms with Crippen LogP contribution in [0.4, 0.5) is 0 Å². The number of aliphatic hydroxyl groups excluding tert-OH is 1. The summed E-state index contributed by atoms with van der Waals surface area (Å²) in [5.74, 6) is 2.54. The van der Waals surface area contributed by atoms with Gasteiger partial charge in [0.25, 0.3) is 0 Å². The van der Waals surface area contributed by atoms with Crippen molar-refractivity contribution in [3.8, 4) is 0 Å². The Hall–Kier alpha value is -0.900. The number of Topliss-reactive ketones (excluding diaryl/α,β-unsaturated/α-hetero) is 1. The van der Waals surface area contributed by atoms with Crippen LogP contribution in [0.1, 0.15) is 85.0 Å². The smallest absolute Gasteiger partial charge is 0.303 e. The van der Waals surface area contributed by atoms with Crippen LogP contribution < -0.4 is 0 Å². The number of fused-ring (bicyclic) bond motifs is 5. The van der Waals surface area contributed by atoms with Gasteiger partial charge in [0.15, 0.2) is 0 Å². The van der Waals surface area contributed by atoms with Gasteiger partial charge in [-0.25, -0.2) is 0 Å². The summed E-state index contributed by atoms with van der Waals surface area (Å²) >= 11 is 0. The molecule has 0 unspecified atom stereocenters. The highest BCUT2D eigenvalue weighted by molar-refractivity contribution is 5.83. The van der Waals surface area contributed by atoms with E-state index in [2.05, 4.69) is 20.8 Å². The molecular formula is C24H38O4. The lowest BCUT2D eigenvalue weighted by Crippen LogP contribution is -2.57. The summed E-state index contributed by atoms with van der Waals surface area (Å²) in [6, 6.07) is 0. The van der Waals surface area contributed by atoms with Gasteiger partial charge in [0.2, 0.25) is 0 Å².